The monoisotopic (exact) mass is 243 g/mol. The molecule has 18 heavy (non-hydrogen) atoms. The molecule has 1 unspecified atom stereocenters. The van der Waals surface area contributed by atoms with Gasteiger partial charge in [0.15, 0.2) is 0 Å². The number of nitriles is 1. The van der Waals surface area contributed by atoms with Crippen molar-refractivity contribution in [3.05, 3.63) is 29.3 Å². The first kappa shape index (κ1) is 12.9. The lowest BCUT2D eigenvalue weighted by atomic mass is 10.1. The maximum absolute atomic E-state index is 8.95. The van der Waals surface area contributed by atoms with E-state index in [1.165, 1.54) is 16.8 Å². The molecule has 0 aromatic heterocycles. The summed E-state index contributed by atoms with van der Waals surface area (Å²) < 4.78 is 0. The molecule has 3 nitrogen and oxygen atoms in total. The van der Waals surface area contributed by atoms with Crippen LogP contribution in [0.3, 0.4) is 0 Å². The zero-order chi connectivity index (χ0) is 13.1. The van der Waals surface area contributed by atoms with Crippen molar-refractivity contribution in [3.63, 3.8) is 0 Å². The molecule has 1 heterocycles. The van der Waals surface area contributed by atoms with Gasteiger partial charge in [0.1, 0.15) is 0 Å². The van der Waals surface area contributed by atoms with Crippen LogP contribution < -0.4 is 4.90 Å². The molecule has 3 heteroatoms. The number of hydrogen-bond acceptors (Lipinski definition) is 3. The summed E-state index contributed by atoms with van der Waals surface area (Å²) in [5.74, 6) is 0. The van der Waals surface area contributed by atoms with Gasteiger partial charge >= 0.3 is 0 Å². The zero-order valence-corrected chi connectivity index (χ0v) is 11.5. The number of benzene rings is 1. The second-order valence-electron chi connectivity index (χ2n) is 5.07. The molecule has 0 aliphatic carbocycles. The molecular formula is C15H21N3. The summed E-state index contributed by atoms with van der Waals surface area (Å²) in [5, 5.41) is 8.95. The van der Waals surface area contributed by atoms with E-state index in [0.717, 1.165) is 26.2 Å². The predicted octanol–water partition coefficient (Wildman–Crippen LogP) is 2.34. The van der Waals surface area contributed by atoms with Crippen LogP contribution in [0.15, 0.2) is 18.2 Å². The van der Waals surface area contributed by atoms with Gasteiger partial charge in [-0.3, -0.25) is 4.90 Å². The van der Waals surface area contributed by atoms with Gasteiger partial charge in [-0.15, -0.1) is 0 Å². The summed E-state index contributed by atoms with van der Waals surface area (Å²) >= 11 is 0. The topological polar surface area (TPSA) is 30.3 Å². The third-order valence-electron chi connectivity index (χ3n) is 3.80. The van der Waals surface area contributed by atoms with Gasteiger partial charge in [-0.2, -0.15) is 5.26 Å². The fourth-order valence-corrected chi connectivity index (χ4v) is 2.72. The summed E-state index contributed by atoms with van der Waals surface area (Å²) in [7, 11) is 0. The normalized spacial score (nSPS) is 18.4. The molecule has 1 aliphatic heterocycles. The zero-order valence-electron chi connectivity index (χ0n) is 11.5. The Balaban J connectivity index is 2.09. The Morgan fingerprint density at radius 3 is 2.17 bits per heavy atom. The van der Waals surface area contributed by atoms with E-state index in [0.29, 0.717) is 0 Å². The molecular weight excluding hydrogens is 222 g/mol. The molecule has 1 fully saturated rings. The van der Waals surface area contributed by atoms with Crippen molar-refractivity contribution >= 4 is 5.69 Å². The number of rotatable bonds is 2. The lowest BCUT2D eigenvalue weighted by molar-refractivity contribution is 0.231. The fourth-order valence-electron chi connectivity index (χ4n) is 2.72. The van der Waals surface area contributed by atoms with Crippen LogP contribution in [0, 0.1) is 25.2 Å². The summed E-state index contributed by atoms with van der Waals surface area (Å²) in [4.78, 5) is 4.70. The molecule has 0 saturated carbocycles. The smallest absolute Gasteiger partial charge is 0.0950 e. The predicted molar refractivity (Wildman–Crippen MR) is 74.8 cm³/mol. The number of aryl methyl sites for hydroxylation is 2. The standard InChI is InChI=1S/C15H21N3/c1-12-5-4-6-13(2)15(12)18-9-7-17(8-10-18)14(3)11-16/h4-6,14H,7-10H2,1-3H3. The maximum atomic E-state index is 8.95. The van der Waals surface area contributed by atoms with Gasteiger partial charge in [0.2, 0.25) is 0 Å². The fraction of sp³-hybridized carbons (Fsp3) is 0.533. The molecule has 1 atom stereocenters. The van der Waals surface area contributed by atoms with Crippen LogP contribution in [0.25, 0.3) is 0 Å². The number of para-hydroxylation sites is 1. The van der Waals surface area contributed by atoms with Crippen molar-refractivity contribution in [3.8, 4) is 6.07 Å². The first-order chi connectivity index (χ1) is 8.63. The first-order valence-corrected chi connectivity index (χ1v) is 6.58. The Bertz CT molecular complexity index is 433. The van der Waals surface area contributed by atoms with E-state index in [1.54, 1.807) is 0 Å². The Kier molecular flexibility index (Phi) is 3.88. The third kappa shape index (κ3) is 2.49. The lowest BCUT2D eigenvalue weighted by Crippen LogP contribution is -2.49. The van der Waals surface area contributed by atoms with Crippen molar-refractivity contribution in [1.82, 2.24) is 4.90 Å². The Labute approximate surface area is 110 Å². The van der Waals surface area contributed by atoms with Gasteiger partial charge in [-0.05, 0) is 31.9 Å². The summed E-state index contributed by atoms with van der Waals surface area (Å²) in [6.07, 6.45) is 0. The number of piperazine rings is 1. The molecule has 96 valence electrons. The van der Waals surface area contributed by atoms with Crippen LogP contribution in [0.4, 0.5) is 5.69 Å². The Morgan fingerprint density at radius 1 is 1.11 bits per heavy atom. The average Bonchev–Trinajstić information content (AvgIpc) is 2.38. The molecule has 2 rings (SSSR count). The highest BCUT2D eigenvalue weighted by atomic mass is 15.3. The molecule has 0 spiro atoms. The minimum Gasteiger partial charge on any atom is -0.369 e. The SMILES string of the molecule is Cc1cccc(C)c1N1CCN(C(C)C#N)CC1. The van der Waals surface area contributed by atoms with Crippen LogP contribution in [0.5, 0.6) is 0 Å². The minimum atomic E-state index is 0.0325. The maximum Gasteiger partial charge on any atom is 0.0950 e. The van der Waals surface area contributed by atoms with Gasteiger partial charge in [0.05, 0.1) is 12.1 Å². The average molecular weight is 243 g/mol. The van der Waals surface area contributed by atoms with Crippen LogP contribution in [0.2, 0.25) is 0 Å². The summed E-state index contributed by atoms with van der Waals surface area (Å²) in [5.41, 5.74) is 4.07. The van der Waals surface area contributed by atoms with Crippen molar-refractivity contribution in [2.75, 3.05) is 31.1 Å². The van der Waals surface area contributed by atoms with Crippen molar-refractivity contribution < 1.29 is 0 Å². The molecule has 0 N–H and O–H groups in total. The summed E-state index contributed by atoms with van der Waals surface area (Å²) in [6, 6.07) is 8.81. The van der Waals surface area contributed by atoms with Crippen molar-refractivity contribution in [2.45, 2.75) is 26.8 Å². The van der Waals surface area contributed by atoms with E-state index < -0.39 is 0 Å². The van der Waals surface area contributed by atoms with Crippen molar-refractivity contribution in [1.29, 1.82) is 5.26 Å². The number of nitrogens with zero attached hydrogens (tertiary/aromatic N) is 3. The van der Waals surface area contributed by atoms with E-state index in [2.05, 4.69) is 47.9 Å². The highest BCUT2D eigenvalue weighted by Crippen LogP contribution is 2.25. The van der Waals surface area contributed by atoms with Crippen molar-refractivity contribution in [2.24, 2.45) is 0 Å². The first-order valence-electron chi connectivity index (χ1n) is 6.58. The van der Waals surface area contributed by atoms with E-state index in [9.17, 15) is 0 Å². The minimum absolute atomic E-state index is 0.0325. The van der Waals surface area contributed by atoms with Crippen LogP contribution in [0.1, 0.15) is 18.1 Å². The largest absolute Gasteiger partial charge is 0.369 e. The van der Waals surface area contributed by atoms with Gasteiger partial charge in [-0.1, -0.05) is 18.2 Å². The molecule has 0 bridgehead atoms. The molecule has 0 radical (unpaired) electrons. The van der Waals surface area contributed by atoms with Gasteiger partial charge < -0.3 is 4.90 Å². The molecule has 1 saturated heterocycles. The van der Waals surface area contributed by atoms with Gasteiger partial charge in [0, 0.05) is 31.9 Å². The van der Waals surface area contributed by atoms with E-state index >= 15 is 0 Å². The highest BCUT2D eigenvalue weighted by Gasteiger charge is 2.22. The molecule has 1 aromatic rings. The third-order valence-corrected chi connectivity index (χ3v) is 3.80. The van der Waals surface area contributed by atoms with E-state index in [-0.39, 0.29) is 6.04 Å². The van der Waals surface area contributed by atoms with E-state index in [4.69, 9.17) is 5.26 Å². The number of hydrogen-bond donors (Lipinski definition) is 0. The molecule has 1 aliphatic rings. The molecule has 1 aromatic carbocycles. The molecule has 0 amide bonds. The second kappa shape index (κ2) is 5.41. The Morgan fingerprint density at radius 2 is 1.67 bits per heavy atom. The second-order valence-corrected chi connectivity index (χ2v) is 5.07. The quantitative estimate of drug-likeness (QED) is 0.798. The highest BCUT2D eigenvalue weighted by molar-refractivity contribution is 5.59. The summed E-state index contributed by atoms with van der Waals surface area (Å²) in [6.45, 7) is 10.3. The van der Waals surface area contributed by atoms with Crippen LogP contribution in [-0.4, -0.2) is 37.1 Å². The van der Waals surface area contributed by atoms with Gasteiger partial charge in [0.25, 0.3) is 0 Å². The van der Waals surface area contributed by atoms with Gasteiger partial charge in [-0.25, -0.2) is 0 Å². The lowest BCUT2D eigenvalue weighted by Gasteiger charge is -2.38. The van der Waals surface area contributed by atoms with Crippen LogP contribution in [-0.2, 0) is 0 Å². The van der Waals surface area contributed by atoms with Crippen LogP contribution >= 0.6 is 0 Å². The Hall–Kier alpha value is -1.53. The van der Waals surface area contributed by atoms with E-state index in [1.807, 2.05) is 6.92 Å². The number of anilines is 1.